The van der Waals surface area contributed by atoms with Gasteiger partial charge >= 0.3 is 0 Å². The van der Waals surface area contributed by atoms with E-state index in [1.165, 1.54) is 6.42 Å². The van der Waals surface area contributed by atoms with Crippen LogP contribution in [0, 0.1) is 5.41 Å². The second-order valence-electron chi connectivity index (χ2n) is 6.92. The molecular weight excluding hydrogens is 316 g/mol. The van der Waals surface area contributed by atoms with Crippen molar-refractivity contribution in [3.8, 4) is 0 Å². The largest absolute Gasteiger partial charge is 0.381 e. The van der Waals surface area contributed by atoms with Crippen molar-refractivity contribution in [1.29, 1.82) is 0 Å². The predicted molar refractivity (Wildman–Crippen MR) is 98.7 cm³/mol. The molecule has 0 radical (unpaired) electrons. The first-order chi connectivity index (χ1) is 12.2. The van der Waals surface area contributed by atoms with Gasteiger partial charge in [0.05, 0.1) is 13.2 Å². The number of aliphatic imine (C=N–C) groups is 1. The van der Waals surface area contributed by atoms with Gasteiger partial charge in [-0.3, -0.25) is 4.79 Å². The van der Waals surface area contributed by atoms with Gasteiger partial charge in [-0.2, -0.15) is 0 Å². The number of hydrogen-bond donors (Lipinski definition) is 2. The highest BCUT2D eigenvalue weighted by Crippen LogP contribution is 2.38. The van der Waals surface area contributed by atoms with Gasteiger partial charge in [0.15, 0.2) is 5.96 Å². The zero-order valence-electron chi connectivity index (χ0n) is 15.2. The van der Waals surface area contributed by atoms with Gasteiger partial charge in [0, 0.05) is 44.3 Å². The minimum absolute atomic E-state index is 0.0690. The second kappa shape index (κ2) is 7.87. The van der Waals surface area contributed by atoms with Crippen LogP contribution in [0.25, 0.3) is 0 Å². The van der Waals surface area contributed by atoms with E-state index in [9.17, 15) is 4.79 Å². The number of nitrogens with one attached hydrogen (secondary N) is 2. The zero-order valence-corrected chi connectivity index (χ0v) is 15.2. The van der Waals surface area contributed by atoms with E-state index in [4.69, 9.17) is 9.73 Å². The summed E-state index contributed by atoms with van der Waals surface area (Å²) in [5, 5.41) is 6.06. The Morgan fingerprint density at radius 2 is 2.28 bits per heavy atom. The molecule has 0 bridgehead atoms. The van der Waals surface area contributed by atoms with Gasteiger partial charge in [-0.15, -0.1) is 0 Å². The summed E-state index contributed by atoms with van der Waals surface area (Å²) < 4.78 is 5.62. The van der Waals surface area contributed by atoms with E-state index in [1.807, 2.05) is 24.3 Å². The molecule has 3 rings (SSSR count). The summed E-state index contributed by atoms with van der Waals surface area (Å²) in [4.78, 5) is 18.9. The lowest BCUT2D eigenvalue weighted by Crippen LogP contribution is -2.41. The number of guanidine groups is 1. The molecule has 25 heavy (non-hydrogen) atoms. The lowest BCUT2D eigenvalue weighted by Gasteiger charge is -2.25. The number of amides is 1. The van der Waals surface area contributed by atoms with Crippen LogP contribution in [0.4, 0.5) is 0 Å². The fraction of sp³-hybridized carbons (Fsp3) is 0.579. The normalized spacial score (nSPS) is 23.3. The molecule has 0 aromatic heterocycles. The van der Waals surface area contributed by atoms with E-state index in [2.05, 4.69) is 22.5 Å². The molecule has 136 valence electrons. The van der Waals surface area contributed by atoms with Gasteiger partial charge in [0.1, 0.15) is 0 Å². The SMILES string of the molecule is CCNC(=NCc1cccc(C(=O)NC)c1)N1CCC2(CCOC2)C1. The van der Waals surface area contributed by atoms with Crippen LogP contribution in [-0.4, -0.2) is 56.7 Å². The fourth-order valence-corrected chi connectivity index (χ4v) is 3.63. The minimum atomic E-state index is -0.0690. The third-order valence-corrected chi connectivity index (χ3v) is 5.09. The van der Waals surface area contributed by atoms with Crippen LogP contribution in [0.2, 0.25) is 0 Å². The first kappa shape index (κ1) is 17.7. The predicted octanol–water partition coefficient (Wildman–Crippen LogP) is 1.62. The van der Waals surface area contributed by atoms with Crippen LogP contribution in [0.3, 0.4) is 0 Å². The second-order valence-corrected chi connectivity index (χ2v) is 6.92. The Morgan fingerprint density at radius 3 is 3.00 bits per heavy atom. The Kier molecular flexibility index (Phi) is 5.58. The Hall–Kier alpha value is -2.08. The zero-order chi connectivity index (χ0) is 17.7. The van der Waals surface area contributed by atoms with Crippen LogP contribution in [-0.2, 0) is 11.3 Å². The van der Waals surface area contributed by atoms with E-state index < -0.39 is 0 Å². The highest BCUT2D eigenvalue weighted by molar-refractivity contribution is 5.94. The molecule has 2 saturated heterocycles. The molecular formula is C19H28N4O2. The number of likely N-dealkylation sites (tertiary alicyclic amines) is 1. The van der Waals surface area contributed by atoms with Gasteiger partial charge in [0.2, 0.25) is 0 Å². The number of hydrogen-bond acceptors (Lipinski definition) is 3. The van der Waals surface area contributed by atoms with E-state index in [0.29, 0.717) is 17.5 Å². The molecule has 0 aliphatic carbocycles. The first-order valence-corrected chi connectivity index (χ1v) is 9.08. The Bertz CT molecular complexity index is 638. The van der Waals surface area contributed by atoms with E-state index in [-0.39, 0.29) is 5.91 Å². The summed E-state index contributed by atoms with van der Waals surface area (Å²) in [5.41, 5.74) is 2.02. The van der Waals surface area contributed by atoms with Crippen LogP contribution >= 0.6 is 0 Å². The average molecular weight is 344 g/mol. The summed E-state index contributed by atoms with van der Waals surface area (Å²) in [6.45, 7) is 7.28. The smallest absolute Gasteiger partial charge is 0.251 e. The minimum Gasteiger partial charge on any atom is -0.381 e. The molecule has 0 saturated carbocycles. The van der Waals surface area contributed by atoms with Crippen molar-refractivity contribution in [3.63, 3.8) is 0 Å². The number of benzene rings is 1. The van der Waals surface area contributed by atoms with Crippen molar-refractivity contribution < 1.29 is 9.53 Å². The van der Waals surface area contributed by atoms with Crippen molar-refractivity contribution in [1.82, 2.24) is 15.5 Å². The molecule has 2 heterocycles. The van der Waals surface area contributed by atoms with Crippen molar-refractivity contribution >= 4 is 11.9 Å². The van der Waals surface area contributed by atoms with Crippen LogP contribution < -0.4 is 10.6 Å². The number of ether oxygens (including phenoxy) is 1. The maximum Gasteiger partial charge on any atom is 0.251 e. The van der Waals surface area contributed by atoms with Gasteiger partial charge in [-0.1, -0.05) is 12.1 Å². The van der Waals surface area contributed by atoms with E-state index in [0.717, 1.165) is 50.8 Å². The molecule has 1 amide bonds. The molecule has 6 heteroatoms. The Morgan fingerprint density at radius 1 is 1.40 bits per heavy atom. The highest BCUT2D eigenvalue weighted by atomic mass is 16.5. The average Bonchev–Trinajstić information content (AvgIpc) is 3.28. The lowest BCUT2D eigenvalue weighted by atomic mass is 9.87. The molecule has 2 fully saturated rings. The number of carbonyl (C=O) groups excluding carboxylic acids is 1. The molecule has 1 atom stereocenters. The summed E-state index contributed by atoms with van der Waals surface area (Å²) in [5.74, 6) is 0.886. The molecule has 1 spiro atoms. The molecule has 2 aliphatic rings. The van der Waals surface area contributed by atoms with Crippen molar-refractivity contribution in [2.24, 2.45) is 10.4 Å². The Labute approximate surface area is 149 Å². The number of carbonyl (C=O) groups is 1. The maximum atomic E-state index is 11.8. The van der Waals surface area contributed by atoms with E-state index >= 15 is 0 Å². The quantitative estimate of drug-likeness (QED) is 0.643. The summed E-state index contributed by atoms with van der Waals surface area (Å²) in [7, 11) is 1.65. The van der Waals surface area contributed by atoms with E-state index in [1.54, 1.807) is 7.05 Å². The monoisotopic (exact) mass is 344 g/mol. The standard InChI is InChI=1S/C19H28N4O2/c1-3-21-18(23-9-7-19(13-23)8-10-25-14-19)22-12-15-5-4-6-16(11-15)17(24)20-2/h4-6,11H,3,7-10,12-14H2,1-2H3,(H,20,24)(H,21,22). The molecule has 2 aliphatic heterocycles. The first-order valence-electron chi connectivity index (χ1n) is 9.08. The van der Waals surface area contributed by atoms with Crippen molar-refractivity contribution in [2.75, 3.05) is 39.9 Å². The Balaban J connectivity index is 1.69. The number of rotatable bonds is 4. The molecule has 2 N–H and O–H groups in total. The van der Waals surface area contributed by atoms with Crippen LogP contribution in [0.5, 0.6) is 0 Å². The number of nitrogens with zero attached hydrogens (tertiary/aromatic N) is 2. The third kappa shape index (κ3) is 4.12. The lowest BCUT2D eigenvalue weighted by molar-refractivity contribution is 0.0963. The third-order valence-electron chi connectivity index (χ3n) is 5.09. The highest BCUT2D eigenvalue weighted by Gasteiger charge is 2.42. The summed E-state index contributed by atoms with van der Waals surface area (Å²) in [6.07, 6.45) is 2.32. The van der Waals surface area contributed by atoms with Crippen LogP contribution in [0.15, 0.2) is 29.3 Å². The molecule has 1 unspecified atom stereocenters. The molecule has 1 aromatic carbocycles. The molecule has 1 aromatic rings. The van der Waals surface area contributed by atoms with Crippen molar-refractivity contribution in [3.05, 3.63) is 35.4 Å². The summed E-state index contributed by atoms with van der Waals surface area (Å²) in [6, 6.07) is 7.64. The van der Waals surface area contributed by atoms with Gasteiger partial charge in [-0.25, -0.2) is 4.99 Å². The fourth-order valence-electron chi connectivity index (χ4n) is 3.63. The van der Waals surface area contributed by atoms with Crippen molar-refractivity contribution in [2.45, 2.75) is 26.3 Å². The maximum absolute atomic E-state index is 11.8. The molecule has 6 nitrogen and oxygen atoms in total. The van der Waals surface area contributed by atoms with Gasteiger partial charge in [-0.05, 0) is 37.5 Å². The topological polar surface area (TPSA) is 66.0 Å². The summed E-state index contributed by atoms with van der Waals surface area (Å²) >= 11 is 0. The van der Waals surface area contributed by atoms with Gasteiger partial charge in [0.25, 0.3) is 5.91 Å². The van der Waals surface area contributed by atoms with Crippen LogP contribution in [0.1, 0.15) is 35.7 Å². The van der Waals surface area contributed by atoms with Gasteiger partial charge < -0.3 is 20.3 Å².